The SMILES string of the molecule is CC(C)CNC/C=C1\O[C@@H]2CC(=O)N2[C@H]1C(=O)[O-].[K+]. The predicted molar refractivity (Wildman–Crippen MR) is 60.9 cm³/mol. The van der Waals surface area contributed by atoms with Crippen LogP contribution in [0.2, 0.25) is 0 Å². The van der Waals surface area contributed by atoms with Gasteiger partial charge in [-0.3, -0.25) is 9.69 Å². The van der Waals surface area contributed by atoms with Crippen LogP contribution in [-0.2, 0) is 14.3 Å². The van der Waals surface area contributed by atoms with Crippen molar-refractivity contribution in [1.29, 1.82) is 0 Å². The number of hydrogen-bond acceptors (Lipinski definition) is 5. The first-order valence-corrected chi connectivity index (χ1v) is 6.10. The molecular formula is C12H17KN2O4. The normalized spacial score (nSPS) is 26.8. The predicted octanol–water partition coefficient (Wildman–Crippen LogP) is -4.17. The topological polar surface area (TPSA) is 81.7 Å². The molecule has 2 heterocycles. The third-order valence-corrected chi connectivity index (χ3v) is 2.99. The second kappa shape index (κ2) is 7.19. The van der Waals surface area contributed by atoms with Crippen molar-refractivity contribution in [1.82, 2.24) is 10.2 Å². The summed E-state index contributed by atoms with van der Waals surface area (Å²) in [6.45, 7) is 5.53. The van der Waals surface area contributed by atoms with Crippen LogP contribution in [0, 0.1) is 5.92 Å². The number of carbonyl (C=O) groups is 2. The molecule has 0 aromatic heterocycles. The Bertz CT molecular complexity index is 397. The Hall–Kier alpha value is 0.0764. The van der Waals surface area contributed by atoms with Crippen LogP contribution in [0.15, 0.2) is 11.8 Å². The number of nitrogens with one attached hydrogen (secondary N) is 1. The molecule has 0 unspecified atom stereocenters. The summed E-state index contributed by atoms with van der Waals surface area (Å²) >= 11 is 0. The minimum atomic E-state index is -1.29. The van der Waals surface area contributed by atoms with E-state index < -0.39 is 18.2 Å². The molecule has 6 nitrogen and oxygen atoms in total. The van der Waals surface area contributed by atoms with Crippen molar-refractivity contribution in [3.8, 4) is 0 Å². The molecular weight excluding hydrogens is 275 g/mol. The van der Waals surface area contributed by atoms with Crippen molar-refractivity contribution in [2.45, 2.75) is 32.5 Å². The summed E-state index contributed by atoms with van der Waals surface area (Å²) in [5.74, 6) is -0.665. The number of fused-ring (bicyclic) bond motifs is 1. The van der Waals surface area contributed by atoms with E-state index in [1.165, 1.54) is 4.90 Å². The van der Waals surface area contributed by atoms with E-state index in [0.717, 1.165) is 6.54 Å². The molecule has 7 heteroatoms. The summed E-state index contributed by atoms with van der Waals surface area (Å²) in [4.78, 5) is 23.6. The van der Waals surface area contributed by atoms with Crippen LogP contribution in [-0.4, -0.2) is 42.1 Å². The van der Waals surface area contributed by atoms with Gasteiger partial charge in [-0.25, -0.2) is 0 Å². The van der Waals surface area contributed by atoms with Crippen LogP contribution in [0.3, 0.4) is 0 Å². The van der Waals surface area contributed by atoms with Gasteiger partial charge in [0.2, 0.25) is 5.91 Å². The molecule has 0 spiro atoms. The molecule has 1 N–H and O–H groups in total. The molecule has 100 valence electrons. The Morgan fingerprint density at radius 3 is 2.84 bits per heavy atom. The summed E-state index contributed by atoms with van der Waals surface area (Å²) in [7, 11) is 0. The number of nitrogens with zero attached hydrogens (tertiary/aromatic N) is 1. The van der Waals surface area contributed by atoms with Gasteiger partial charge in [0.15, 0.2) is 6.23 Å². The van der Waals surface area contributed by atoms with E-state index in [9.17, 15) is 14.7 Å². The average Bonchev–Trinajstić information content (AvgIpc) is 2.57. The van der Waals surface area contributed by atoms with Crippen LogP contribution in [0.1, 0.15) is 20.3 Å². The molecule has 2 atom stereocenters. The van der Waals surface area contributed by atoms with Crippen molar-refractivity contribution in [2.75, 3.05) is 13.1 Å². The second-order valence-corrected chi connectivity index (χ2v) is 4.96. The summed E-state index contributed by atoms with van der Waals surface area (Å²) in [5, 5.41) is 14.2. The molecule has 2 rings (SSSR count). The minimum absolute atomic E-state index is 0. The van der Waals surface area contributed by atoms with Crippen LogP contribution >= 0.6 is 0 Å². The zero-order valence-corrected chi connectivity index (χ0v) is 14.6. The summed E-state index contributed by atoms with van der Waals surface area (Å²) in [5.41, 5.74) is 0. The van der Waals surface area contributed by atoms with Crippen molar-refractivity contribution in [2.24, 2.45) is 5.92 Å². The Labute approximate surface area is 155 Å². The van der Waals surface area contributed by atoms with Crippen molar-refractivity contribution < 1.29 is 70.8 Å². The zero-order chi connectivity index (χ0) is 13.3. The van der Waals surface area contributed by atoms with Crippen molar-refractivity contribution >= 4 is 11.9 Å². The van der Waals surface area contributed by atoms with E-state index in [1.54, 1.807) is 6.08 Å². The fraction of sp³-hybridized carbons (Fsp3) is 0.667. The van der Waals surface area contributed by atoms with Gasteiger partial charge in [0.1, 0.15) is 11.8 Å². The maximum Gasteiger partial charge on any atom is 1.00 e. The molecule has 0 radical (unpaired) electrons. The third-order valence-electron chi connectivity index (χ3n) is 2.99. The Morgan fingerprint density at radius 1 is 1.63 bits per heavy atom. The smallest absolute Gasteiger partial charge is 0.547 e. The monoisotopic (exact) mass is 292 g/mol. The number of amides is 1. The van der Waals surface area contributed by atoms with Gasteiger partial charge in [-0.05, 0) is 18.5 Å². The van der Waals surface area contributed by atoms with Crippen LogP contribution in [0.25, 0.3) is 0 Å². The van der Waals surface area contributed by atoms with Gasteiger partial charge in [0.25, 0.3) is 0 Å². The van der Waals surface area contributed by atoms with Crippen molar-refractivity contribution in [3.05, 3.63) is 11.8 Å². The molecule has 0 aromatic rings. The molecule has 19 heavy (non-hydrogen) atoms. The van der Waals surface area contributed by atoms with Gasteiger partial charge >= 0.3 is 51.4 Å². The number of β-lactam (4-membered cyclic amide) rings is 1. The number of hydrogen-bond donors (Lipinski definition) is 1. The molecule has 2 fully saturated rings. The number of carboxylic acids is 1. The average molecular weight is 292 g/mol. The van der Waals surface area contributed by atoms with Crippen LogP contribution < -0.4 is 61.8 Å². The van der Waals surface area contributed by atoms with Gasteiger partial charge in [-0.15, -0.1) is 0 Å². The van der Waals surface area contributed by atoms with Crippen LogP contribution in [0.5, 0.6) is 0 Å². The Kier molecular flexibility index (Phi) is 6.48. The van der Waals surface area contributed by atoms with E-state index in [2.05, 4.69) is 19.2 Å². The Balaban J connectivity index is 0.00000180. The Morgan fingerprint density at radius 2 is 2.32 bits per heavy atom. The zero-order valence-electron chi connectivity index (χ0n) is 11.5. The van der Waals surface area contributed by atoms with Gasteiger partial charge in [-0.2, -0.15) is 0 Å². The maximum atomic E-state index is 11.3. The van der Waals surface area contributed by atoms with E-state index in [4.69, 9.17) is 4.74 Å². The number of carboxylic acid groups (broad SMARTS) is 1. The van der Waals surface area contributed by atoms with E-state index in [1.807, 2.05) is 0 Å². The first-order valence-electron chi connectivity index (χ1n) is 6.10. The number of rotatable bonds is 5. The van der Waals surface area contributed by atoms with Crippen LogP contribution in [0.4, 0.5) is 0 Å². The number of aliphatic carboxylic acids is 1. The van der Waals surface area contributed by atoms with E-state index in [-0.39, 0.29) is 63.7 Å². The molecule has 1 amide bonds. The summed E-state index contributed by atoms with van der Waals surface area (Å²) in [6, 6.07) is -1.06. The minimum Gasteiger partial charge on any atom is -0.547 e. The standard InChI is InChI=1S/C12H18N2O4.K/c1-7(2)6-13-4-3-8-11(12(16)17)14-9(15)5-10(14)18-8;/h3,7,10-11,13H,4-6H2,1-2H3,(H,16,17);/q;+1/p-1/b8-3-;/t10-,11-;/m1./s1. The maximum absolute atomic E-state index is 11.3. The largest absolute Gasteiger partial charge is 1.00 e. The number of carbonyl (C=O) groups excluding carboxylic acids is 2. The van der Waals surface area contributed by atoms with Gasteiger partial charge in [-0.1, -0.05) is 13.8 Å². The van der Waals surface area contributed by atoms with Gasteiger partial charge in [0, 0.05) is 6.54 Å². The molecule has 2 aliphatic heterocycles. The molecule has 2 saturated heterocycles. The quantitative estimate of drug-likeness (QED) is 0.316. The molecule has 0 saturated carbocycles. The van der Waals surface area contributed by atoms with Crippen molar-refractivity contribution in [3.63, 3.8) is 0 Å². The molecule has 0 aromatic carbocycles. The van der Waals surface area contributed by atoms with E-state index >= 15 is 0 Å². The molecule has 0 bridgehead atoms. The fourth-order valence-corrected chi connectivity index (χ4v) is 2.10. The third kappa shape index (κ3) is 3.80. The first-order chi connectivity index (χ1) is 8.50. The fourth-order valence-electron chi connectivity index (χ4n) is 2.10. The summed E-state index contributed by atoms with van der Waals surface area (Å²) < 4.78 is 5.42. The molecule has 2 aliphatic rings. The molecule has 0 aliphatic carbocycles. The number of ether oxygens (including phenoxy) is 1. The van der Waals surface area contributed by atoms with Gasteiger partial charge in [0.05, 0.1) is 12.4 Å². The van der Waals surface area contributed by atoms with Gasteiger partial charge < -0.3 is 20.0 Å². The summed E-state index contributed by atoms with van der Waals surface area (Å²) in [6.07, 6.45) is 1.51. The van der Waals surface area contributed by atoms with E-state index in [0.29, 0.717) is 18.2 Å². The second-order valence-electron chi connectivity index (χ2n) is 4.96. The first kappa shape index (κ1) is 17.1.